The van der Waals surface area contributed by atoms with Gasteiger partial charge in [-0.05, 0) is 78.4 Å². The third-order valence-electron chi connectivity index (χ3n) is 8.11. The van der Waals surface area contributed by atoms with E-state index in [-0.39, 0.29) is 23.7 Å². The molecule has 1 N–H and O–H groups in total. The van der Waals surface area contributed by atoms with E-state index in [9.17, 15) is 14.0 Å². The molecule has 1 aliphatic carbocycles. The third kappa shape index (κ3) is 4.26. The standard InChI is InChI=1S/C32H31FN4O2/c1-19(21-7-9-25(33)10-8-21)37(30(39)31(2,3)4)18-20-12-22-13-23-15-32(16-24(23)14-27(22)35-17-20)26-6-5-11-34-28(26)36-29(32)38/h5-14,17,19H,15-16,18H2,1-4H3,(H,34,36,38). The van der Waals surface area contributed by atoms with Gasteiger partial charge in [0, 0.05) is 35.3 Å². The SMILES string of the molecule is CC(c1ccc(F)cc1)N(Cc1cnc2cc3c(cc2c1)CC1(C3)C(=O)Nc2ncccc21)C(=O)C(C)(C)C. The minimum atomic E-state index is -0.632. The van der Waals surface area contributed by atoms with Crippen molar-refractivity contribution in [3.05, 3.63) is 101 Å². The Morgan fingerprint density at radius 2 is 1.79 bits per heavy atom. The van der Waals surface area contributed by atoms with Gasteiger partial charge in [0.2, 0.25) is 11.8 Å². The van der Waals surface area contributed by atoms with Gasteiger partial charge in [-0.25, -0.2) is 9.37 Å². The smallest absolute Gasteiger partial charge is 0.237 e. The van der Waals surface area contributed by atoms with Crippen LogP contribution in [0.2, 0.25) is 0 Å². The second-order valence-electron chi connectivity index (χ2n) is 11.9. The molecule has 2 aliphatic rings. The Morgan fingerprint density at radius 1 is 1.08 bits per heavy atom. The molecule has 7 heteroatoms. The summed E-state index contributed by atoms with van der Waals surface area (Å²) < 4.78 is 13.6. The average molecular weight is 523 g/mol. The molecule has 39 heavy (non-hydrogen) atoms. The van der Waals surface area contributed by atoms with Crippen molar-refractivity contribution in [2.45, 2.75) is 58.5 Å². The number of pyridine rings is 2. The fraction of sp³-hybridized carbons (Fsp3) is 0.312. The normalized spacial score (nSPS) is 18.6. The summed E-state index contributed by atoms with van der Waals surface area (Å²) in [4.78, 5) is 37.6. The number of hydrogen-bond acceptors (Lipinski definition) is 4. The summed E-state index contributed by atoms with van der Waals surface area (Å²) in [5.41, 5.74) is 4.65. The van der Waals surface area contributed by atoms with Crippen LogP contribution in [0.25, 0.3) is 10.9 Å². The molecule has 0 saturated carbocycles. The lowest BCUT2D eigenvalue weighted by atomic mass is 9.79. The van der Waals surface area contributed by atoms with Gasteiger partial charge >= 0.3 is 0 Å². The Morgan fingerprint density at radius 3 is 2.51 bits per heavy atom. The fourth-order valence-corrected chi connectivity index (χ4v) is 5.97. The van der Waals surface area contributed by atoms with Gasteiger partial charge in [-0.15, -0.1) is 0 Å². The molecule has 0 bridgehead atoms. The van der Waals surface area contributed by atoms with Crippen molar-refractivity contribution >= 4 is 28.5 Å². The van der Waals surface area contributed by atoms with Crippen LogP contribution in [0.1, 0.15) is 61.6 Å². The molecule has 4 aromatic rings. The highest BCUT2D eigenvalue weighted by atomic mass is 19.1. The van der Waals surface area contributed by atoms with Crippen LogP contribution in [0, 0.1) is 11.2 Å². The number of nitrogens with zero attached hydrogens (tertiary/aromatic N) is 3. The number of halogens is 1. The molecule has 198 valence electrons. The number of carbonyl (C=O) groups excluding carboxylic acids is 2. The van der Waals surface area contributed by atoms with Crippen LogP contribution in [0.5, 0.6) is 0 Å². The van der Waals surface area contributed by atoms with E-state index in [4.69, 9.17) is 4.98 Å². The van der Waals surface area contributed by atoms with E-state index < -0.39 is 10.8 Å². The minimum Gasteiger partial charge on any atom is -0.331 e. The van der Waals surface area contributed by atoms with Crippen LogP contribution in [-0.2, 0) is 34.4 Å². The molecular formula is C32H31FN4O2. The van der Waals surface area contributed by atoms with Crippen molar-refractivity contribution < 1.29 is 14.0 Å². The van der Waals surface area contributed by atoms with Crippen LogP contribution >= 0.6 is 0 Å². The number of nitrogens with one attached hydrogen (secondary N) is 1. The predicted octanol–water partition coefficient (Wildman–Crippen LogP) is 5.89. The molecule has 1 aliphatic heterocycles. The van der Waals surface area contributed by atoms with Crippen molar-refractivity contribution in [2.75, 3.05) is 5.32 Å². The maximum Gasteiger partial charge on any atom is 0.237 e. The Hall–Kier alpha value is -4.13. The molecule has 6 rings (SSSR count). The lowest BCUT2D eigenvalue weighted by molar-refractivity contribution is -0.142. The number of aromatic nitrogens is 2. The number of hydrogen-bond donors (Lipinski definition) is 1. The molecule has 0 radical (unpaired) electrons. The molecule has 1 spiro atoms. The van der Waals surface area contributed by atoms with E-state index in [1.54, 1.807) is 18.3 Å². The Bertz CT molecular complexity index is 1630. The highest BCUT2D eigenvalue weighted by Crippen LogP contribution is 2.47. The largest absolute Gasteiger partial charge is 0.331 e. The minimum absolute atomic E-state index is 0.00350. The lowest BCUT2D eigenvalue weighted by Gasteiger charge is -2.35. The van der Waals surface area contributed by atoms with Gasteiger partial charge in [0.1, 0.15) is 11.6 Å². The Kier molecular flexibility index (Phi) is 5.79. The van der Waals surface area contributed by atoms with E-state index in [1.165, 1.54) is 12.1 Å². The van der Waals surface area contributed by atoms with Crippen molar-refractivity contribution in [3.63, 3.8) is 0 Å². The van der Waals surface area contributed by atoms with Crippen LogP contribution in [0.3, 0.4) is 0 Å². The van der Waals surface area contributed by atoms with E-state index in [0.29, 0.717) is 25.2 Å². The first-order chi connectivity index (χ1) is 18.5. The lowest BCUT2D eigenvalue weighted by Crippen LogP contribution is -2.40. The van der Waals surface area contributed by atoms with Gasteiger partial charge in [0.25, 0.3) is 0 Å². The van der Waals surface area contributed by atoms with Crippen LogP contribution in [0.15, 0.2) is 67.0 Å². The summed E-state index contributed by atoms with van der Waals surface area (Å²) in [5, 5.41) is 3.94. The first kappa shape index (κ1) is 25.2. The van der Waals surface area contributed by atoms with Crippen molar-refractivity contribution in [1.29, 1.82) is 0 Å². The summed E-state index contributed by atoms with van der Waals surface area (Å²) >= 11 is 0. The number of rotatable bonds is 4. The van der Waals surface area contributed by atoms with Crippen LogP contribution in [0.4, 0.5) is 10.2 Å². The van der Waals surface area contributed by atoms with Gasteiger partial charge in [0.05, 0.1) is 17.0 Å². The van der Waals surface area contributed by atoms with Gasteiger partial charge in [0.15, 0.2) is 0 Å². The summed E-state index contributed by atoms with van der Waals surface area (Å²) in [6.45, 7) is 8.07. The highest BCUT2D eigenvalue weighted by Gasteiger charge is 2.51. The molecule has 2 atom stereocenters. The summed E-state index contributed by atoms with van der Waals surface area (Å²) in [7, 11) is 0. The first-order valence-corrected chi connectivity index (χ1v) is 13.3. The molecule has 2 aromatic carbocycles. The third-order valence-corrected chi connectivity index (χ3v) is 8.11. The summed E-state index contributed by atoms with van der Waals surface area (Å²) in [6, 6.07) is 16.2. The van der Waals surface area contributed by atoms with Crippen molar-refractivity contribution in [1.82, 2.24) is 14.9 Å². The topological polar surface area (TPSA) is 75.2 Å². The summed E-state index contributed by atoms with van der Waals surface area (Å²) in [5.74, 6) is 0.354. The number of benzene rings is 2. The zero-order valence-corrected chi connectivity index (χ0v) is 22.6. The molecule has 0 saturated heterocycles. The number of carbonyl (C=O) groups is 2. The van der Waals surface area contributed by atoms with Crippen LogP contribution in [-0.4, -0.2) is 26.7 Å². The van der Waals surface area contributed by atoms with E-state index in [0.717, 1.165) is 38.7 Å². The number of amides is 2. The Balaban J connectivity index is 1.33. The van der Waals surface area contributed by atoms with Gasteiger partial charge in [-0.1, -0.05) is 39.0 Å². The average Bonchev–Trinajstić information content (AvgIpc) is 3.41. The molecule has 0 fully saturated rings. The zero-order chi connectivity index (χ0) is 27.5. The van der Waals surface area contributed by atoms with Crippen LogP contribution < -0.4 is 5.32 Å². The van der Waals surface area contributed by atoms with E-state index in [1.807, 2.05) is 50.9 Å². The summed E-state index contributed by atoms with van der Waals surface area (Å²) in [6.07, 6.45) is 4.75. The first-order valence-electron chi connectivity index (χ1n) is 13.3. The van der Waals surface area contributed by atoms with E-state index >= 15 is 0 Å². The quantitative estimate of drug-likeness (QED) is 0.363. The van der Waals surface area contributed by atoms with E-state index in [2.05, 4.69) is 28.5 Å². The molecule has 6 nitrogen and oxygen atoms in total. The molecule has 2 unspecified atom stereocenters. The monoisotopic (exact) mass is 522 g/mol. The van der Waals surface area contributed by atoms with Gasteiger partial charge in [-0.3, -0.25) is 14.6 Å². The zero-order valence-electron chi connectivity index (χ0n) is 22.6. The van der Waals surface area contributed by atoms with Crippen molar-refractivity contribution in [2.24, 2.45) is 5.41 Å². The number of anilines is 1. The molecule has 3 heterocycles. The maximum absolute atomic E-state index is 13.6. The van der Waals surface area contributed by atoms with Crippen molar-refractivity contribution in [3.8, 4) is 0 Å². The molecule has 2 amide bonds. The highest BCUT2D eigenvalue weighted by molar-refractivity contribution is 6.06. The number of fused-ring (bicyclic) bond motifs is 4. The van der Waals surface area contributed by atoms with Gasteiger partial charge < -0.3 is 10.2 Å². The second kappa shape index (κ2) is 8.97. The second-order valence-corrected chi connectivity index (χ2v) is 11.9. The molecular weight excluding hydrogens is 491 g/mol. The molecule has 2 aromatic heterocycles. The predicted molar refractivity (Wildman–Crippen MR) is 149 cm³/mol. The fourth-order valence-electron chi connectivity index (χ4n) is 5.97. The maximum atomic E-state index is 13.6. The van der Waals surface area contributed by atoms with Gasteiger partial charge in [-0.2, -0.15) is 0 Å². The Labute approximate surface area is 227 Å².